The fourth-order valence-electron chi connectivity index (χ4n) is 3.77. The van der Waals surface area contributed by atoms with Crippen LogP contribution in [0.15, 0.2) is 83.9 Å². The summed E-state index contributed by atoms with van der Waals surface area (Å²) >= 11 is 0. The Kier molecular flexibility index (Phi) is 6.88. The number of amides is 1. The highest BCUT2D eigenvalue weighted by atomic mass is 32.2. The molecule has 3 N–H and O–H groups in total. The second-order valence-electron chi connectivity index (χ2n) is 7.82. The first-order valence-corrected chi connectivity index (χ1v) is 12.7. The smallest absolute Gasteiger partial charge is 0.240 e. The number of carbonyl (C=O) groups excluding carboxylic acids is 1. The predicted octanol–water partition coefficient (Wildman–Crippen LogP) is 3.94. The molecule has 0 radical (unpaired) electrons. The van der Waals surface area contributed by atoms with Crippen molar-refractivity contribution in [2.24, 2.45) is 4.99 Å². The van der Waals surface area contributed by atoms with Crippen molar-refractivity contribution in [3.8, 4) is 5.88 Å². The molecule has 0 saturated heterocycles. The molecule has 0 aliphatic rings. The summed E-state index contributed by atoms with van der Waals surface area (Å²) in [5.74, 6) is -0.538. The third-order valence-corrected chi connectivity index (χ3v) is 7.36. The molecule has 35 heavy (non-hydrogen) atoms. The zero-order chi connectivity index (χ0) is 25.0. The summed E-state index contributed by atoms with van der Waals surface area (Å²) in [7, 11) is -2.20. The van der Waals surface area contributed by atoms with Gasteiger partial charge in [-0.1, -0.05) is 48.5 Å². The van der Waals surface area contributed by atoms with Gasteiger partial charge in [0, 0.05) is 23.5 Å². The Bertz CT molecular complexity index is 1480. The van der Waals surface area contributed by atoms with Crippen molar-refractivity contribution in [3.05, 3.63) is 90.0 Å². The van der Waals surface area contributed by atoms with Crippen molar-refractivity contribution in [1.82, 2.24) is 10.3 Å². The van der Waals surface area contributed by atoms with Gasteiger partial charge in [0.2, 0.25) is 15.9 Å². The van der Waals surface area contributed by atoms with Crippen LogP contribution in [0.1, 0.15) is 18.1 Å². The van der Waals surface area contributed by atoms with E-state index in [-0.39, 0.29) is 18.2 Å². The van der Waals surface area contributed by atoms with E-state index >= 15 is 0 Å². The number of nitrogens with one attached hydrogen (secondary N) is 2. The van der Waals surface area contributed by atoms with Gasteiger partial charge in [-0.3, -0.25) is 9.10 Å². The molecule has 1 amide bonds. The summed E-state index contributed by atoms with van der Waals surface area (Å²) in [5, 5.41) is 14.0. The number of rotatable bonds is 8. The van der Waals surface area contributed by atoms with Crippen LogP contribution in [0.5, 0.6) is 5.88 Å². The van der Waals surface area contributed by atoms with Crippen molar-refractivity contribution in [1.29, 1.82) is 0 Å². The number of aromatic amines is 1. The number of hydrogen-bond donors (Lipinski definition) is 3. The van der Waals surface area contributed by atoms with E-state index in [1.54, 1.807) is 24.3 Å². The number of aliphatic imine (C=N–C) groups is 1. The second kappa shape index (κ2) is 10.0. The van der Waals surface area contributed by atoms with Crippen LogP contribution >= 0.6 is 0 Å². The number of nitrogens with zero attached hydrogens (tertiary/aromatic N) is 2. The zero-order valence-electron chi connectivity index (χ0n) is 19.4. The maximum Gasteiger partial charge on any atom is 0.240 e. The van der Waals surface area contributed by atoms with Gasteiger partial charge in [-0.15, -0.1) is 0 Å². The van der Waals surface area contributed by atoms with Gasteiger partial charge in [0.05, 0.1) is 28.4 Å². The van der Waals surface area contributed by atoms with Crippen LogP contribution in [0.4, 0.5) is 11.4 Å². The zero-order valence-corrected chi connectivity index (χ0v) is 20.2. The van der Waals surface area contributed by atoms with Crippen molar-refractivity contribution in [3.63, 3.8) is 0 Å². The fraction of sp³-hybridized carbons (Fsp3) is 0.154. The Morgan fingerprint density at radius 1 is 1.00 bits per heavy atom. The normalized spacial score (nSPS) is 12.0. The van der Waals surface area contributed by atoms with E-state index in [0.717, 1.165) is 20.8 Å². The van der Waals surface area contributed by atoms with Crippen LogP contribution in [0.3, 0.4) is 0 Å². The van der Waals surface area contributed by atoms with Gasteiger partial charge < -0.3 is 15.4 Å². The average molecular weight is 491 g/mol. The minimum atomic E-state index is -3.66. The van der Waals surface area contributed by atoms with Crippen LogP contribution in [-0.2, 0) is 14.8 Å². The monoisotopic (exact) mass is 490 g/mol. The summed E-state index contributed by atoms with van der Waals surface area (Å²) in [6, 6.07) is 23.7. The molecular weight excluding hydrogens is 464 g/mol. The van der Waals surface area contributed by atoms with Crippen molar-refractivity contribution >= 4 is 43.9 Å². The molecule has 1 aromatic heterocycles. The number of fused-ring (bicyclic) bond motifs is 1. The molecule has 0 unspecified atom stereocenters. The number of sulfonamides is 1. The molecule has 0 spiro atoms. The fourth-order valence-corrected chi connectivity index (χ4v) is 4.83. The molecular formula is C26H26N4O4S. The summed E-state index contributed by atoms with van der Waals surface area (Å²) in [6.45, 7) is 1.22. The Hall–Kier alpha value is -4.11. The Balaban J connectivity index is 1.80. The van der Waals surface area contributed by atoms with Crippen LogP contribution < -0.4 is 9.62 Å². The number of aromatic nitrogens is 1. The maximum atomic E-state index is 12.6. The molecule has 180 valence electrons. The number of hydrogen-bond acceptors (Lipinski definition) is 5. The van der Waals surface area contributed by atoms with Gasteiger partial charge >= 0.3 is 0 Å². The van der Waals surface area contributed by atoms with Crippen molar-refractivity contribution in [2.75, 3.05) is 23.7 Å². The number of H-pyrrole nitrogens is 1. The van der Waals surface area contributed by atoms with Crippen LogP contribution in [0, 0.1) is 0 Å². The molecule has 9 heteroatoms. The van der Waals surface area contributed by atoms with E-state index in [4.69, 9.17) is 4.99 Å². The van der Waals surface area contributed by atoms with E-state index in [0.29, 0.717) is 22.6 Å². The highest BCUT2D eigenvalue weighted by molar-refractivity contribution is 7.92. The first-order valence-electron chi connectivity index (χ1n) is 11.1. The van der Waals surface area contributed by atoms with Gasteiger partial charge in [-0.05, 0) is 37.3 Å². The minimum absolute atomic E-state index is 0.0104. The quantitative estimate of drug-likeness (QED) is 0.325. The van der Waals surface area contributed by atoms with Gasteiger partial charge in [0.15, 0.2) is 5.88 Å². The molecule has 0 atom stereocenters. The molecule has 0 aliphatic heterocycles. The lowest BCUT2D eigenvalue weighted by Gasteiger charge is -2.23. The number of para-hydroxylation sites is 1. The summed E-state index contributed by atoms with van der Waals surface area (Å²) in [5.41, 5.74) is 3.67. The van der Waals surface area contributed by atoms with E-state index < -0.39 is 15.9 Å². The highest BCUT2D eigenvalue weighted by Crippen LogP contribution is 2.32. The lowest BCUT2D eigenvalue weighted by Crippen LogP contribution is -2.40. The standard InChI is InChI=1S/C26H26N4O4S/c1-3-35(33,34)30(17-23(31)27-2)20-15-13-19(14-16-20)28-25(18-9-5-4-6-10-18)24-21-11-7-8-12-22(21)29-26(24)32/h4-16,29,32H,3,17H2,1-2H3,(H,27,31). The topological polar surface area (TPSA) is 115 Å². The van der Waals surface area contributed by atoms with E-state index in [2.05, 4.69) is 10.3 Å². The lowest BCUT2D eigenvalue weighted by atomic mass is 10.0. The number of aromatic hydroxyl groups is 1. The van der Waals surface area contributed by atoms with Gasteiger partial charge in [0.25, 0.3) is 0 Å². The lowest BCUT2D eigenvalue weighted by molar-refractivity contribution is -0.119. The Morgan fingerprint density at radius 2 is 1.66 bits per heavy atom. The molecule has 0 aliphatic carbocycles. The van der Waals surface area contributed by atoms with E-state index in [1.807, 2.05) is 54.6 Å². The molecule has 8 nitrogen and oxygen atoms in total. The molecule has 4 aromatic rings. The van der Waals surface area contributed by atoms with Gasteiger partial charge in [-0.2, -0.15) is 0 Å². The summed E-state index contributed by atoms with van der Waals surface area (Å²) < 4.78 is 26.3. The number of benzene rings is 3. The SMILES string of the molecule is CCS(=O)(=O)N(CC(=O)NC)c1ccc(N=C(c2ccccc2)c2c(O)[nH]c3ccccc23)cc1. The Labute approximate surface area is 204 Å². The first-order chi connectivity index (χ1) is 16.8. The molecule has 0 bridgehead atoms. The average Bonchev–Trinajstić information content (AvgIpc) is 3.22. The van der Waals surface area contributed by atoms with E-state index in [9.17, 15) is 18.3 Å². The minimum Gasteiger partial charge on any atom is -0.494 e. The van der Waals surface area contributed by atoms with Crippen molar-refractivity contribution < 1.29 is 18.3 Å². The maximum absolute atomic E-state index is 12.6. The number of likely N-dealkylation sites (N-methyl/N-ethyl adjacent to an activating group) is 1. The number of carbonyl (C=O) groups is 1. The molecule has 4 rings (SSSR count). The molecule has 0 saturated carbocycles. The van der Waals surface area contributed by atoms with Gasteiger partial charge in [0.1, 0.15) is 6.54 Å². The predicted molar refractivity (Wildman–Crippen MR) is 139 cm³/mol. The summed E-state index contributed by atoms with van der Waals surface area (Å²) in [4.78, 5) is 19.8. The molecule has 1 heterocycles. The summed E-state index contributed by atoms with van der Waals surface area (Å²) in [6.07, 6.45) is 0. The van der Waals surface area contributed by atoms with Gasteiger partial charge in [-0.25, -0.2) is 13.4 Å². The highest BCUT2D eigenvalue weighted by Gasteiger charge is 2.23. The van der Waals surface area contributed by atoms with Crippen molar-refractivity contribution in [2.45, 2.75) is 6.92 Å². The second-order valence-corrected chi connectivity index (χ2v) is 10.00. The first kappa shape index (κ1) is 24.0. The molecule has 0 fully saturated rings. The largest absolute Gasteiger partial charge is 0.494 e. The van der Waals surface area contributed by atoms with Crippen LogP contribution in [-0.4, -0.2) is 49.5 Å². The third kappa shape index (κ3) is 5.04. The van der Waals surface area contributed by atoms with Crippen LogP contribution in [0.25, 0.3) is 10.9 Å². The Morgan fingerprint density at radius 3 is 2.31 bits per heavy atom. The molecule has 3 aromatic carbocycles. The number of anilines is 1. The van der Waals surface area contributed by atoms with Crippen LogP contribution in [0.2, 0.25) is 0 Å². The third-order valence-electron chi connectivity index (χ3n) is 5.62. The van der Waals surface area contributed by atoms with E-state index in [1.165, 1.54) is 14.0 Å².